The van der Waals surface area contributed by atoms with Crippen molar-refractivity contribution in [1.82, 2.24) is 9.97 Å². The first-order chi connectivity index (χ1) is 8.69. The van der Waals surface area contributed by atoms with E-state index in [-0.39, 0.29) is 0 Å². The minimum absolute atomic E-state index is 0.308. The maximum absolute atomic E-state index is 6.05. The minimum Gasteiger partial charge on any atom is -0.384 e. The lowest BCUT2D eigenvalue weighted by atomic mass is 10.3. The van der Waals surface area contributed by atoms with Crippen molar-refractivity contribution in [3.8, 4) is 0 Å². The Bertz CT molecular complexity index is 547. The van der Waals surface area contributed by atoms with Gasteiger partial charge in [-0.05, 0) is 12.1 Å². The molecule has 18 heavy (non-hydrogen) atoms. The SMILES string of the molecule is COCc1nc(N)cc(Nc2ccccc2Cl)n1. The number of nitrogens with zero attached hydrogens (tertiary/aromatic N) is 2. The number of nitrogen functional groups attached to an aromatic ring is 1. The third-order valence-electron chi connectivity index (χ3n) is 2.20. The Hall–Kier alpha value is -1.85. The molecule has 0 aliphatic carbocycles. The van der Waals surface area contributed by atoms with Crippen LogP contribution in [0.4, 0.5) is 17.3 Å². The number of para-hydroxylation sites is 1. The molecular formula is C12H13ClN4O. The number of anilines is 3. The number of hydrogen-bond acceptors (Lipinski definition) is 5. The molecule has 1 aromatic heterocycles. The Morgan fingerprint density at radius 3 is 2.83 bits per heavy atom. The molecule has 94 valence electrons. The molecule has 5 nitrogen and oxygen atoms in total. The Morgan fingerprint density at radius 2 is 2.11 bits per heavy atom. The topological polar surface area (TPSA) is 73.1 Å². The van der Waals surface area contributed by atoms with Crippen LogP contribution in [0, 0.1) is 0 Å². The quantitative estimate of drug-likeness (QED) is 0.888. The molecule has 0 fully saturated rings. The van der Waals surface area contributed by atoms with E-state index in [9.17, 15) is 0 Å². The van der Waals surface area contributed by atoms with Crippen LogP contribution in [0.2, 0.25) is 5.02 Å². The summed E-state index contributed by atoms with van der Waals surface area (Å²) in [5, 5.41) is 3.71. The van der Waals surface area contributed by atoms with Gasteiger partial charge in [0.15, 0.2) is 5.82 Å². The zero-order valence-corrected chi connectivity index (χ0v) is 10.6. The number of ether oxygens (including phenoxy) is 1. The van der Waals surface area contributed by atoms with E-state index in [2.05, 4.69) is 15.3 Å². The van der Waals surface area contributed by atoms with Crippen molar-refractivity contribution in [3.05, 3.63) is 41.2 Å². The lowest BCUT2D eigenvalue weighted by Crippen LogP contribution is -2.04. The molecule has 2 rings (SSSR count). The van der Waals surface area contributed by atoms with Crippen LogP contribution >= 0.6 is 11.6 Å². The second kappa shape index (κ2) is 5.66. The number of halogens is 1. The Kier molecular flexibility index (Phi) is 3.96. The molecule has 0 aliphatic rings. The van der Waals surface area contributed by atoms with Gasteiger partial charge in [0, 0.05) is 13.2 Å². The van der Waals surface area contributed by atoms with Crippen molar-refractivity contribution < 1.29 is 4.74 Å². The summed E-state index contributed by atoms with van der Waals surface area (Å²) < 4.78 is 4.98. The molecule has 0 unspecified atom stereocenters. The molecule has 6 heteroatoms. The summed E-state index contributed by atoms with van der Waals surface area (Å²) in [5.41, 5.74) is 6.47. The van der Waals surface area contributed by atoms with E-state index in [0.29, 0.717) is 29.1 Å². The van der Waals surface area contributed by atoms with Crippen molar-refractivity contribution >= 4 is 28.9 Å². The molecule has 0 saturated carbocycles. The molecule has 1 aromatic carbocycles. The molecular weight excluding hydrogens is 252 g/mol. The second-order valence-corrected chi connectivity index (χ2v) is 4.04. The predicted molar refractivity (Wildman–Crippen MR) is 71.9 cm³/mol. The average molecular weight is 265 g/mol. The predicted octanol–water partition coefficient (Wildman–Crippen LogP) is 2.60. The number of benzene rings is 1. The van der Waals surface area contributed by atoms with E-state index >= 15 is 0 Å². The van der Waals surface area contributed by atoms with Gasteiger partial charge in [0.05, 0.1) is 10.7 Å². The summed E-state index contributed by atoms with van der Waals surface area (Å²) in [5.74, 6) is 1.49. The van der Waals surface area contributed by atoms with Gasteiger partial charge in [0.2, 0.25) is 0 Å². The summed E-state index contributed by atoms with van der Waals surface area (Å²) in [6, 6.07) is 9.04. The van der Waals surface area contributed by atoms with Gasteiger partial charge in [-0.25, -0.2) is 9.97 Å². The average Bonchev–Trinajstić information content (AvgIpc) is 2.32. The highest BCUT2D eigenvalue weighted by Crippen LogP contribution is 2.24. The van der Waals surface area contributed by atoms with Crippen molar-refractivity contribution in [1.29, 1.82) is 0 Å². The standard InChI is InChI=1S/C12H13ClN4O/c1-18-7-12-16-10(14)6-11(17-12)15-9-5-3-2-4-8(9)13/h2-6H,7H2,1H3,(H3,14,15,16,17). The molecule has 2 aromatic rings. The molecule has 0 aliphatic heterocycles. The van der Waals surface area contributed by atoms with Crippen molar-refractivity contribution in [2.45, 2.75) is 6.61 Å². The van der Waals surface area contributed by atoms with Crippen LogP contribution in [0.3, 0.4) is 0 Å². The number of methoxy groups -OCH3 is 1. The lowest BCUT2D eigenvalue weighted by Gasteiger charge is -2.09. The fraction of sp³-hybridized carbons (Fsp3) is 0.167. The van der Waals surface area contributed by atoms with E-state index in [4.69, 9.17) is 22.1 Å². The first-order valence-corrected chi connectivity index (χ1v) is 5.71. The second-order valence-electron chi connectivity index (χ2n) is 3.63. The molecule has 0 spiro atoms. The van der Waals surface area contributed by atoms with Gasteiger partial charge in [-0.1, -0.05) is 23.7 Å². The van der Waals surface area contributed by atoms with Crippen molar-refractivity contribution in [3.63, 3.8) is 0 Å². The van der Waals surface area contributed by atoms with Gasteiger partial charge in [-0.2, -0.15) is 0 Å². The Morgan fingerprint density at radius 1 is 1.33 bits per heavy atom. The molecule has 0 amide bonds. The number of hydrogen-bond donors (Lipinski definition) is 2. The third-order valence-corrected chi connectivity index (χ3v) is 2.53. The van der Waals surface area contributed by atoms with Gasteiger partial charge in [-0.15, -0.1) is 0 Å². The number of nitrogens with one attached hydrogen (secondary N) is 1. The van der Waals surface area contributed by atoms with E-state index in [0.717, 1.165) is 5.69 Å². The van der Waals surface area contributed by atoms with Crippen LogP contribution in [0.5, 0.6) is 0 Å². The van der Waals surface area contributed by atoms with Crippen LogP contribution in [-0.4, -0.2) is 17.1 Å². The van der Waals surface area contributed by atoms with Crippen LogP contribution in [-0.2, 0) is 11.3 Å². The lowest BCUT2D eigenvalue weighted by molar-refractivity contribution is 0.178. The Balaban J connectivity index is 2.26. The number of nitrogens with two attached hydrogens (primary N) is 1. The summed E-state index contributed by atoms with van der Waals surface area (Å²) in [6.07, 6.45) is 0. The number of rotatable bonds is 4. The van der Waals surface area contributed by atoms with E-state index in [1.165, 1.54) is 0 Å². The summed E-state index contributed by atoms with van der Waals surface area (Å²) in [6.45, 7) is 0.308. The first kappa shape index (κ1) is 12.6. The maximum atomic E-state index is 6.05. The monoisotopic (exact) mass is 264 g/mol. The van der Waals surface area contributed by atoms with Crippen LogP contribution in [0.25, 0.3) is 0 Å². The van der Waals surface area contributed by atoms with E-state index < -0.39 is 0 Å². The minimum atomic E-state index is 0.308. The highest BCUT2D eigenvalue weighted by molar-refractivity contribution is 6.33. The summed E-state index contributed by atoms with van der Waals surface area (Å²) in [7, 11) is 1.58. The van der Waals surface area contributed by atoms with Crippen molar-refractivity contribution in [2.24, 2.45) is 0 Å². The van der Waals surface area contributed by atoms with Gasteiger partial charge >= 0.3 is 0 Å². The van der Waals surface area contributed by atoms with Crippen molar-refractivity contribution in [2.75, 3.05) is 18.2 Å². The van der Waals surface area contributed by atoms with Gasteiger partial charge in [0.1, 0.15) is 18.2 Å². The molecule has 0 bridgehead atoms. The highest BCUT2D eigenvalue weighted by Gasteiger charge is 2.04. The normalized spacial score (nSPS) is 10.3. The van der Waals surface area contributed by atoms with Gasteiger partial charge < -0.3 is 15.8 Å². The molecule has 1 heterocycles. The highest BCUT2D eigenvalue weighted by atomic mass is 35.5. The molecule has 0 atom stereocenters. The summed E-state index contributed by atoms with van der Waals surface area (Å²) >= 11 is 6.05. The van der Waals surface area contributed by atoms with Gasteiger partial charge in [0.25, 0.3) is 0 Å². The van der Waals surface area contributed by atoms with E-state index in [1.54, 1.807) is 19.2 Å². The zero-order chi connectivity index (χ0) is 13.0. The largest absolute Gasteiger partial charge is 0.384 e. The first-order valence-electron chi connectivity index (χ1n) is 5.33. The number of aromatic nitrogens is 2. The molecule has 0 saturated heterocycles. The smallest absolute Gasteiger partial charge is 0.158 e. The van der Waals surface area contributed by atoms with E-state index in [1.807, 2.05) is 18.2 Å². The Labute approximate surface area is 110 Å². The molecule has 0 radical (unpaired) electrons. The fourth-order valence-electron chi connectivity index (χ4n) is 1.48. The zero-order valence-electron chi connectivity index (χ0n) is 9.85. The summed E-state index contributed by atoms with van der Waals surface area (Å²) in [4.78, 5) is 8.33. The molecule has 3 N–H and O–H groups in total. The van der Waals surface area contributed by atoms with Crippen LogP contribution in [0.1, 0.15) is 5.82 Å². The van der Waals surface area contributed by atoms with Crippen LogP contribution in [0.15, 0.2) is 30.3 Å². The third kappa shape index (κ3) is 3.09. The van der Waals surface area contributed by atoms with Gasteiger partial charge in [-0.3, -0.25) is 0 Å². The maximum Gasteiger partial charge on any atom is 0.158 e. The fourth-order valence-corrected chi connectivity index (χ4v) is 1.66. The van der Waals surface area contributed by atoms with Crippen LogP contribution < -0.4 is 11.1 Å².